The number of Topliss-reactive ketones (excluding diaryl/α,β-unsaturated/α-hetero) is 1. The molecule has 1 aliphatic heterocycles. The second-order valence-corrected chi connectivity index (χ2v) is 8.65. The lowest BCUT2D eigenvalue weighted by molar-refractivity contribution is -0.130. The smallest absolute Gasteiger partial charge is 0.172 e. The maximum Gasteiger partial charge on any atom is 0.172 e. The molecule has 0 saturated carbocycles. The van der Waals surface area contributed by atoms with Crippen molar-refractivity contribution in [3.63, 3.8) is 0 Å². The fourth-order valence-electron chi connectivity index (χ4n) is 3.78. The number of hydrogen-bond donors (Lipinski definition) is 0. The first-order chi connectivity index (χ1) is 15.1. The number of ketones is 1. The van der Waals surface area contributed by atoms with Crippen LogP contribution in [-0.2, 0) is 22.4 Å². The number of ether oxygens (including phenoxy) is 1. The summed E-state index contributed by atoms with van der Waals surface area (Å²) < 4.78 is 18.9. The zero-order valence-corrected chi connectivity index (χ0v) is 18.1. The number of rotatable bonds is 9. The average molecular weight is 442 g/mol. The van der Waals surface area contributed by atoms with E-state index in [1.165, 1.54) is 23.5 Å². The van der Waals surface area contributed by atoms with Crippen molar-refractivity contribution in [2.24, 2.45) is 5.92 Å². The highest BCUT2D eigenvalue weighted by Crippen LogP contribution is 2.27. The first-order valence-corrected chi connectivity index (χ1v) is 11.2. The lowest BCUT2D eigenvalue weighted by atomic mass is 10.0. The fourth-order valence-corrected chi connectivity index (χ4v) is 4.75. The van der Waals surface area contributed by atoms with Crippen LogP contribution in [0, 0.1) is 11.7 Å². The molecule has 0 aliphatic carbocycles. The molecule has 3 heterocycles. The van der Waals surface area contributed by atoms with Crippen LogP contribution < -0.4 is 4.90 Å². The van der Waals surface area contributed by atoms with Gasteiger partial charge >= 0.3 is 0 Å². The van der Waals surface area contributed by atoms with Crippen LogP contribution >= 0.6 is 11.3 Å². The SMILES string of the molecule is CCO[C@@H](C(=O)Cc1nnc(C[C@@H]2CCN(c3cccnn3)C2)s1)c1ccc(F)cc1. The van der Waals surface area contributed by atoms with Crippen LogP contribution in [-0.4, -0.2) is 45.9 Å². The molecule has 2 aromatic heterocycles. The van der Waals surface area contributed by atoms with Gasteiger partial charge in [-0.1, -0.05) is 12.1 Å². The van der Waals surface area contributed by atoms with Crippen LogP contribution in [0.4, 0.5) is 10.2 Å². The number of aromatic nitrogens is 4. The Morgan fingerprint density at radius 3 is 2.77 bits per heavy atom. The zero-order chi connectivity index (χ0) is 21.6. The number of nitrogens with zero attached hydrogens (tertiary/aromatic N) is 5. The van der Waals surface area contributed by atoms with E-state index in [2.05, 4.69) is 25.3 Å². The van der Waals surface area contributed by atoms with Crippen LogP contribution in [0.5, 0.6) is 0 Å². The van der Waals surface area contributed by atoms with Crippen molar-refractivity contribution in [2.75, 3.05) is 24.6 Å². The van der Waals surface area contributed by atoms with E-state index >= 15 is 0 Å². The summed E-state index contributed by atoms with van der Waals surface area (Å²) in [6.45, 7) is 4.07. The van der Waals surface area contributed by atoms with Gasteiger partial charge in [-0.2, -0.15) is 5.10 Å². The second kappa shape index (κ2) is 10.0. The van der Waals surface area contributed by atoms with Gasteiger partial charge in [0.1, 0.15) is 21.9 Å². The monoisotopic (exact) mass is 441 g/mol. The van der Waals surface area contributed by atoms with Crippen LogP contribution in [0.3, 0.4) is 0 Å². The minimum absolute atomic E-state index is 0.106. The molecule has 31 heavy (non-hydrogen) atoms. The van der Waals surface area contributed by atoms with Crippen molar-refractivity contribution in [1.82, 2.24) is 20.4 Å². The molecule has 0 bridgehead atoms. The maximum absolute atomic E-state index is 13.2. The lowest BCUT2D eigenvalue weighted by Gasteiger charge is -2.16. The van der Waals surface area contributed by atoms with Crippen molar-refractivity contribution in [3.8, 4) is 0 Å². The minimum Gasteiger partial charge on any atom is -0.366 e. The summed E-state index contributed by atoms with van der Waals surface area (Å²) in [4.78, 5) is 15.1. The Bertz CT molecular complexity index is 999. The van der Waals surface area contributed by atoms with Gasteiger partial charge in [0.2, 0.25) is 0 Å². The molecule has 1 saturated heterocycles. The third kappa shape index (κ3) is 5.48. The molecule has 3 aromatic rings. The predicted molar refractivity (Wildman–Crippen MR) is 115 cm³/mol. The Balaban J connectivity index is 1.35. The summed E-state index contributed by atoms with van der Waals surface area (Å²) >= 11 is 1.47. The molecular formula is C22H24FN5O2S. The normalized spacial score (nSPS) is 17.1. The van der Waals surface area contributed by atoms with Gasteiger partial charge in [0.05, 0.1) is 6.42 Å². The summed E-state index contributed by atoms with van der Waals surface area (Å²) in [7, 11) is 0. The molecule has 9 heteroatoms. The van der Waals surface area contributed by atoms with E-state index in [4.69, 9.17) is 4.74 Å². The number of hydrogen-bond acceptors (Lipinski definition) is 8. The van der Waals surface area contributed by atoms with Gasteiger partial charge in [0, 0.05) is 32.3 Å². The van der Waals surface area contributed by atoms with E-state index in [0.29, 0.717) is 23.1 Å². The molecule has 162 valence electrons. The molecule has 7 nitrogen and oxygen atoms in total. The van der Waals surface area contributed by atoms with Crippen LogP contribution in [0.15, 0.2) is 42.6 Å². The van der Waals surface area contributed by atoms with Gasteiger partial charge in [-0.3, -0.25) is 4.79 Å². The maximum atomic E-state index is 13.2. The highest BCUT2D eigenvalue weighted by Gasteiger charge is 2.26. The van der Waals surface area contributed by atoms with Crippen LogP contribution in [0.1, 0.15) is 35.0 Å². The third-order valence-corrected chi connectivity index (χ3v) is 6.21. The molecule has 0 N–H and O–H groups in total. The summed E-state index contributed by atoms with van der Waals surface area (Å²) in [6, 6.07) is 9.71. The Hall–Kier alpha value is -2.78. The standard InChI is InChI=1S/C22H24FN5O2S/c1-2-30-22(16-5-7-17(23)8-6-16)18(29)13-21-27-26-20(31-21)12-15-9-11-28(14-15)19-4-3-10-24-25-19/h3-8,10,15,22H,2,9,11-14H2,1H3/t15-,22+/m0/s1. The fraction of sp³-hybridized carbons (Fsp3) is 0.409. The number of carbonyl (C=O) groups excluding carboxylic acids is 1. The zero-order valence-electron chi connectivity index (χ0n) is 17.3. The summed E-state index contributed by atoms with van der Waals surface area (Å²) in [5.41, 5.74) is 0.646. The molecule has 1 aromatic carbocycles. The molecule has 1 aliphatic rings. The van der Waals surface area contributed by atoms with Crippen LogP contribution in [0.25, 0.3) is 0 Å². The van der Waals surface area contributed by atoms with E-state index in [0.717, 1.165) is 36.8 Å². The minimum atomic E-state index is -0.728. The topological polar surface area (TPSA) is 81.1 Å². The molecule has 4 rings (SSSR count). The van der Waals surface area contributed by atoms with Gasteiger partial charge in [-0.25, -0.2) is 4.39 Å². The van der Waals surface area contributed by atoms with Gasteiger partial charge < -0.3 is 9.64 Å². The number of anilines is 1. The van der Waals surface area contributed by atoms with Gasteiger partial charge in [-0.05, 0) is 49.1 Å². The van der Waals surface area contributed by atoms with Crippen molar-refractivity contribution in [3.05, 3.63) is 64.0 Å². The Morgan fingerprint density at radius 2 is 2.03 bits per heavy atom. The molecule has 0 spiro atoms. The van der Waals surface area contributed by atoms with Crippen molar-refractivity contribution < 1.29 is 13.9 Å². The molecule has 1 fully saturated rings. The number of benzene rings is 1. The molecule has 0 amide bonds. The third-order valence-electron chi connectivity index (χ3n) is 5.26. The Labute approximate surface area is 184 Å². The van der Waals surface area contributed by atoms with Gasteiger partial charge in [-0.15, -0.1) is 26.6 Å². The Kier molecular flexibility index (Phi) is 6.93. The summed E-state index contributed by atoms with van der Waals surface area (Å²) in [5, 5.41) is 18.3. The average Bonchev–Trinajstić information content (AvgIpc) is 3.43. The van der Waals surface area contributed by atoms with E-state index in [1.807, 2.05) is 19.1 Å². The van der Waals surface area contributed by atoms with Gasteiger partial charge in [0.25, 0.3) is 0 Å². The molecule has 2 atom stereocenters. The molecular weight excluding hydrogens is 417 g/mol. The second-order valence-electron chi connectivity index (χ2n) is 7.51. The quantitative estimate of drug-likeness (QED) is 0.503. The van der Waals surface area contributed by atoms with Crippen molar-refractivity contribution in [2.45, 2.75) is 32.3 Å². The predicted octanol–water partition coefficient (Wildman–Crippen LogP) is 3.43. The first kappa shape index (κ1) is 21.5. The lowest BCUT2D eigenvalue weighted by Crippen LogP contribution is -2.21. The van der Waals surface area contributed by atoms with E-state index in [9.17, 15) is 9.18 Å². The molecule has 0 radical (unpaired) electrons. The van der Waals surface area contributed by atoms with E-state index in [1.54, 1.807) is 18.3 Å². The number of carbonyl (C=O) groups is 1. The van der Waals surface area contributed by atoms with Gasteiger partial charge in [0.15, 0.2) is 11.6 Å². The first-order valence-electron chi connectivity index (χ1n) is 10.4. The van der Waals surface area contributed by atoms with Crippen molar-refractivity contribution in [1.29, 1.82) is 0 Å². The summed E-state index contributed by atoms with van der Waals surface area (Å²) in [6.07, 6.45) is 2.98. The summed E-state index contributed by atoms with van der Waals surface area (Å²) in [5.74, 6) is 0.918. The van der Waals surface area contributed by atoms with Crippen LogP contribution in [0.2, 0.25) is 0 Å². The Morgan fingerprint density at radius 1 is 1.23 bits per heavy atom. The van der Waals surface area contributed by atoms with E-state index in [-0.39, 0.29) is 18.0 Å². The number of halogens is 1. The highest BCUT2D eigenvalue weighted by atomic mass is 32.1. The van der Waals surface area contributed by atoms with Crippen molar-refractivity contribution >= 4 is 22.9 Å². The molecule has 0 unspecified atom stereocenters. The largest absolute Gasteiger partial charge is 0.366 e. The van der Waals surface area contributed by atoms with E-state index < -0.39 is 6.10 Å². The highest BCUT2D eigenvalue weighted by molar-refractivity contribution is 7.11.